The zero-order chi connectivity index (χ0) is 18.4. The Labute approximate surface area is 153 Å². The smallest absolute Gasteiger partial charge is 0.234 e. The molecule has 2 aromatic carbocycles. The number of H-pyrrole nitrogens is 1. The van der Waals surface area contributed by atoms with Crippen LogP contribution in [0, 0.1) is 6.92 Å². The standard InChI is InChI=1S/C20H23N5O/c1-15-7-6-8-16(11-15)12-21-18(26)13-25(2)19(20-22-14-23-24-20)17-9-4-3-5-10-17/h3-11,14,19H,12-13H2,1-2H3,(H,21,26)(H,22,23,24)/t19-/m0/s1. The molecule has 0 aliphatic heterocycles. The summed E-state index contributed by atoms with van der Waals surface area (Å²) in [6.45, 7) is 2.82. The molecule has 1 aromatic heterocycles. The van der Waals surface area contributed by atoms with Gasteiger partial charge in [-0.3, -0.25) is 14.8 Å². The molecule has 0 saturated heterocycles. The predicted molar refractivity (Wildman–Crippen MR) is 100 cm³/mol. The van der Waals surface area contributed by atoms with Gasteiger partial charge in [-0.25, -0.2) is 4.98 Å². The van der Waals surface area contributed by atoms with Crippen LogP contribution in [0.15, 0.2) is 60.9 Å². The van der Waals surface area contributed by atoms with Crippen molar-refractivity contribution in [3.8, 4) is 0 Å². The van der Waals surface area contributed by atoms with Crippen molar-refractivity contribution in [2.45, 2.75) is 19.5 Å². The topological polar surface area (TPSA) is 73.9 Å². The molecule has 0 aliphatic rings. The number of hydrogen-bond acceptors (Lipinski definition) is 4. The van der Waals surface area contributed by atoms with Crippen LogP contribution in [-0.4, -0.2) is 39.6 Å². The highest BCUT2D eigenvalue weighted by molar-refractivity contribution is 5.78. The maximum absolute atomic E-state index is 12.4. The van der Waals surface area contributed by atoms with Crippen LogP contribution in [0.3, 0.4) is 0 Å². The number of amides is 1. The lowest BCUT2D eigenvalue weighted by Gasteiger charge is -2.26. The molecule has 1 amide bonds. The van der Waals surface area contributed by atoms with Gasteiger partial charge in [0.15, 0.2) is 0 Å². The van der Waals surface area contributed by atoms with E-state index in [1.165, 1.54) is 11.9 Å². The zero-order valence-corrected chi connectivity index (χ0v) is 15.0. The van der Waals surface area contributed by atoms with Crippen molar-refractivity contribution in [1.82, 2.24) is 25.4 Å². The van der Waals surface area contributed by atoms with Gasteiger partial charge >= 0.3 is 0 Å². The molecule has 1 heterocycles. The molecule has 134 valence electrons. The molecule has 1 atom stereocenters. The molecule has 0 radical (unpaired) electrons. The molecule has 26 heavy (non-hydrogen) atoms. The lowest BCUT2D eigenvalue weighted by molar-refractivity contribution is -0.122. The lowest BCUT2D eigenvalue weighted by atomic mass is 10.1. The Hall–Kier alpha value is -2.99. The van der Waals surface area contributed by atoms with Crippen molar-refractivity contribution >= 4 is 5.91 Å². The van der Waals surface area contributed by atoms with E-state index in [1.54, 1.807) is 0 Å². The van der Waals surface area contributed by atoms with E-state index in [1.807, 2.05) is 67.4 Å². The third-order valence-corrected chi connectivity index (χ3v) is 4.21. The van der Waals surface area contributed by atoms with E-state index in [4.69, 9.17) is 0 Å². The number of aromatic amines is 1. The average Bonchev–Trinajstić information content (AvgIpc) is 3.15. The number of rotatable bonds is 7. The average molecular weight is 349 g/mol. The van der Waals surface area contributed by atoms with E-state index in [9.17, 15) is 4.79 Å². The number of carbonyl (C=O) groups is 1. The molecule has 3 rings (SSSR count). The number of nitrogens with one attached hydrogen (secondary N) is 2. The first-order valence-corrected chi connectivity index (χ1v) is 8.56. The fraction of sp³-hybridized carbons (Fsp3) is 0.250. The van der Waals surface area contributed by atoms with Crippen molar-refractivity contribution in [2.24, 2.45) is 0 Å². The van der Waals surface area contributed by atoms with E-state index in [-0.39, 0.29) is 18.5 Å². The number of aromatic nitrogens is 3. The normalized spacial score (nSPS) is 12.1. The van der Waals surface area contributed by atoms with Gasteiger partial charge in [-0.05, 0) is 25.1 Å². The number of aryl methyl sites for hydroxylation is 1. The van der Waals surface area contributed by atoms with E-state index in [0.717, 1.165) is 11.1 Å². The van der Waals surface area contributed by atoms with Gasteiger partial charge < -0.3 is 5.32 Å². The Morgan fingerprint density at radius 3 is 2.69 bits per heavy atom. The Bertz CT molecular complexity index is 832. The van der Waals surface area contributed by atoms with Crippen molar-refractivity contribution in [1.29, 1.82) is 0 Å². The lowest BCUT2D eigenvalue weighted by Crippen LogP contribution is -2.37. The van der Waals surface area contributed by atoms with Crippen LogP contribution in [0.25, 0.3) is 0 Å². The van der Waals surface area contributed by atoms with Crippen molar-refractivity contribution < 1.29 is 4.79 Å². The highest BCUT2D eigenvalue weighted by atomic mass is 16.2. The molecule has 2 N–H and O–H groups in total. The van der Waals surface area contributed by atoms with Gasteiger partial charge in [0.25, 0.3) is 0 Å². The Balaban J connectivity index is 1.66. The maximum atomic E-state index is 12.4. The predicted octanol–water partition coefficient (Wildman–Crippen LogP) is 2.45. The monoisotopic (exact) mass is 349 g/mol. The van der Waals surface area contributed by atoms with E-state index in [2.05, 4.69) is 26.6 Å². The Morgan fingerprint density at radius 2 is 2.00 bits per heavy atom. The van der Waals surface area contributed by atoms with Crippen LogP contribution < -0.4 is 5.32 Å². The van der Waals surface area contributed by atoms with Crippen molar-refractivity contribution in [3.63, 3.8) is 0 Å². The number of nitrogens with zero attached hydrogens (tertiary/aromatic N) is 3. The maximum Gasteiger partial charge on any atom is 0.234 e. The molecule has 0 fully saturated rings. The minimum atomic E-state index is -0.164. The molecule has 6 heteroatoms. The van der Waals surface area contributed by atoms with Gasteiger partial charge in [0.05, 0.1) is 12.6 Å². The third kappa shape index (κ3) is 4.55. The molecule has 0 saturated carbocycles. The summed E-state index contributed by atoms with van der Waals surface area (Å²) < 4.78 is 0. The summed E-state index contributed by atoms with van der Waals surface area (Å²) in [7, 11) is 1.91. The highest BCUT2D eigenvalue weighted by Crippen LogP contribution is 2.24. The summed E-state index contributed by atoms with van der Waals surface area (Å²) in [6.07, 6.45) is 1.48. The summed E-state index contributed by atoms with van der Waals surface area (Å²) in [5.74, 6) is 0.680. The Morgan fingerprint density at radius 1 is 1.19 bits per heavy atom. The summed E-state index contributed by atoms with van der Waals surface area (Å²) >= 11 is 0. The molecule has 3 aromatic rings. The van der Waals surface area contributed by atoms with E-state index in [0.29, 0.717) is 12.4 Å². The molecule has 0 aliphatic carbocycles. The second-order valence-electron chi connectivity index (χ2n) is 6.36. The number of benzene rings is 2. The molecular weight excluding hydrogens is 326 g/mol. The fourth-order valence-corrected chi connectivity index (χ4v) is 3.00. The summed E-state index contributed by atoms with van der Waals surface area (Å²) in [6, 6.07) is 17.9. The van der Waals surface area contributed by atoms with Gasteiger partial charge in [-0.2, -0.15) is 5.10 Å². The van der Waals surface area contributed by atoms with Crippen LogP contribution in [0.1, 0.15) is 28.6 Å². The first kappa shape index (κ1) is 17.8. The van der Waals surface area contributed by atoms with Crippen molar-refractivity contribution in [3.05, 3.63) is 83.4 Å². The number of likely N-dealkylation sites (N-methyl/N-ethyl adjacent to an activating group) is 1. The number of hydrogen-bond donors (Lipinski definition) is 2. The minimum Gasteiger partial charge on any atom is -0.351 e. The first-order chi connectivity index (χ1) is 12.6. The third-order valence-electron chi connectivity index (χ3n) is 4.21. The summed E-state index contributed by atoms with van der Waals surface area (Å²) in [5, 5.41) is 9.85. The first-order valence-electron chi connectivity index (χ1n) is 8.56. The second kappa shape index (κ2) is 8.40. The largest absolute Gasteiger partial charge is 0.351 e. The Kier molecular flexibility index (Phi) is 5.76. The second-order valence-corrected chi connectivity index (χ2v) is 6.36. The van der Waals surface area contributed by atoms with Crippen LogP contribution in [-0.2, 0) is 11.3 Å². The highest BCUT2D eigenvalue weighted by Gasteiger charge is 2.23. The van der Waals surface area contributed by atoms with Gasteiger partial charge in [0, 0.05) is 6.54 Å². The van der Waals surface area contributed by atoms with Gasteiger partial charge in [0.1, 0.15) is 12.2 Å². The molecule has 0 unspecified atom stereocenters. The van der Waals surface area contributed by atoms with Crippen LogP contribution in [0.2, 0.25) is 0 Å². The van der Waals surface area contributed by atoms with E-state index >= 15 is 0 Å². The minimum absolute atomic E-state index is 0.0329. The van der Waals surface area contributed by atoms with E-state index < -0.39 is 0 Å². The molecule has 6 nitrogen and oxygen atoms in total. The summed E-state index contributed by atoms with van der Waals surface area (Å²) in [4.78, 5) is 18.7. The van der Waals surface area contributed by atoms with Crippen LogP contribution in [0.4, 0.5) is 0 Å². The van der Waals surface area contributed by atoms with Gasteiger partial charge in [-0.15, -0.1) is 0 Å². The van der Waals surface area contributed by atoms with Crippen molar-refractivity contribution in [2.75, 3.05) is 13.6 Å². The SMILES string of the molecule is Cc1cccc(CNC(=O)CN(C)[C@@H](c2ccccc2)c2ncn[nH]2)c1. The molecule has 0 spiro atoms. The summed E-state index contributed by atoms with van der Waals surface area (Å²) in [5.41, 5.74) is 3.33. The molecule has 0 bridgehead atoms. The van der Waals surface area contributed by atoms with Crippen LogP contribution in [0.5, 0.6) is 0 Å². The quantitative estimate of drug-likeness (QED) is 0.687. The van der Waals surface area contributed by atoms with Crippen LogP contribution >= 0.6 is 0 Å². The van der Waals surface area contributed by atoms with Gasteiger partial charge in [-0.1, -0.05) is 60.2 Å². The zero-order valence-electron chi connectivity index (χ0n) is 15.0. The fourth-order valence-electron chi connectivity index (χ4n) is 3.00. The van der Waals surface area contributed by atoms with Gasteiger partial charge in [0.2, 0.25) is 5.91 Å². The molecular formula is C20H23N5O. The number of carbonyl (C=O) groups excluding carboxylic acids is 1.